The molecule has 5 nitrogen and oxygen atoms in total. The van der Waals surface area contributed by atoms with Gasteiger partial charge in [0.25, 0.3) is 0 Å². The number of aromatic nitrogens is 1. The highest BCUT2D eigenvalue weighted by molar-refractivity contribution is 7.11. The molecule has 0 N–H and O–H groups in total. The normalized spacial score (nSPS) is 11.4. The number of fused-ring (bicyclic) bond motifs is 1. The Hall–Kier alpha value is -3.69. The molecule has 0 saturated heterocycles. The van der Waals surface area contributed by atoms with Gasteiger partial charge >= 0.3 is 5.63 Å². The van der Waals surface area contributed by atoms with Crippen LogP contribution in [0.1, 0.15) is 10.6 Å². The first-order valence-electron chi connectivity index (χ1n) is 8.43. The van der Waals surface area contributed by atoms with E-state index in [1.807, 2.05) is 42.5 Å². The lowest BCUT2D eigenvalue weighted by Gasteiger charge is -2.00. The summed E-state index contributed by atoms with van der Waals surface area (Å²) < 4.78 is 10.5. The highest BCUT2D eigenvalue weighted by Crippen LogP contribution is 2.27. The molecule has 0 fully saturated rings. The zero-order valence-electron chi connectivity index (χ0n) is 14.9. The van der Waals surface area contributed by atoms with Crippen molar-refractivity contribution in [1.29, 1.82) is 5.26 Å². The number of rotatable bonds is 4. The van der Waals surface area contributed by atoms with Crippen LogP contribution in [0.2, 0.25) is 0 Å². The number of ether oxygens (including phenoxy) is 1. The van der Waals surface area contributed by atoms with E-state index in [1.165, 1.54) is 11.3 Å². The van der Waals surface area contributed by atoms with E-state index in [1.54, 1.807) is 30.7 Å². The lowest BCUT2D eigenvalue weighted by Crippen LogP contribution is -2.02. The topological polar surface area (TPSA) is 76.1 Å². The van der Waals surface area contributed by atoms with Crippen LogP contribution in [0, 0.1) is 11.3 Å². The summed E-state index contributed by atoms with van der Waals surface area (Å²) >= 11 is 1.31. The van der Waals surface area contributed by atoms with E-state index in [4.69, 9.17) is 9.15 Å². The molecule has 0 aliphatic carbocycles. The molecule has 0 amide bonds. The first-order chi connectivity index (χ1) is 13.7. The van der Waals surface area contributed by atoms with Gasteiger partial charge < -0.3 is 9.15 Å². The minimum absolute atomic E-state index is 0.378. The number of hydrogen-bond donors (Lipinski definition) is 0. The molecule has 4 aromatic rings. The van der Waals surface area contributed by atoms with Gasteiger partial charge in [0.2, 0.25) is 0 Å². The maximum atomic E-state index is 12.3. The Balaban J connectivity index is 1.71. The van der Waals surface area contributed by atoms with Gasteiger partial charge in [0, 0.05) is 10.8 Å². The lowest BCUT2D eigenvalue weighted by atomic mass is 10.1. The summed E-state index contributed by atoms with van der Waals surface area (Å²) in [6.45, 7) is 0. The van der Waals surface area contributed by atoms with E-state index in [0.29, 0.717) is 27.4 Å². The van der Waals surface area contributed by atoms with Crippen LogP contribution >= 0.6 is 11.3 Å². The van der Waals surface area contributed by atoms with Gasteiger partial charge in [-0.2, -0.15) is 5.26 Å². The van der Waals surface area contributed by atoms with E-state index in [-0.39, 0.29) is 0 Å². The summed E-state index contributed by atoms with van der Waals surface area (Å²) in [5.41, 5.74) is 2.24. The Morgan fingerprint density at radius 2 is 2.00 bits per heavy atom. The second kappa shape index (κ2) is 7.51. The third-order valence-electron chi connectivity index (χ3n) is 4.20. The fraction of sp³-hybridized carbons (Fsp3) is 0.0455. The molecule has 0 unspecified atom stereocenters. The summed E-state index contributed by atoms with van der Waals surface area (Å²) in [5.74, 6) is 0.746. The average Bonchev–Trinajstić information content (AvgIpc) is 3.21. The molecular weight excluding hydrogens is 372 g/mol. The molecule has 136 valence electrons. The number of nitriles is 1. The zero-order valence-corrected chi connectivity index (χ0v) is 15.7. The molecule has 0 atom stereocenters. The molecule has 0 aliphatic heterocycles. The third kappa shape index (κ3) is 3.43. The number of allylic oxidation sites excluding steroid dienone is 1. The van der Waals surface area contributed by atoms with Gasteiger partial charge in [-0.05, 0) is 35.9 Å². The van der Waals surface area contributed by atoms with Crippen LogP contribution in [-0.2, 0) is 0 Å². The van der Waals surface area contributed by atoms with Gasteiger partial charge in [-0.25, -0.2) is 9.78 Å². The standard InChI is InChI=1S/C22H14N2O3S/c1-26-17-8-6-14(7-9-17)10-16(12-23)21-24-19(13-28-21)18-11-15-4-2-3-5-20(15)27-22(18)25/h2-11,13H,1H3/b16-10-. The Bertz CT molecular complexity index is 1280. The van der Waals surface area contributed by atoms with Crippen LogP contribution in [0.15, 0.2) is 69.2 Å². The Morgan fingerprint density at radius 1 is 1.21 bits per heavy atom. The van der Waals surface area contributed by atoms with Gasteiger partial charge in [-0.1, -0.05) is 30.3 Å². The number of methoxy groups -OCH3 is 1. The predicted octanol–water partition coefficient (Wildman–Crippen LogP) is 4.99. The van der Waals surface area contributed by atoms with E-state index < -0.39 is 5.63 Å². The van der Waals surface area contributed by atoms with Crippen LogP contribution in [0.3, 0.4) is 0 Å². The first-order valence-corrected chi connectivity index (χ1v) is 9.31. The second-order valence-corrected chi connectivity index (χ2v) is 6.82. The van der Waals surface area contributed by atoms with Crippen molar-refractivity contribution in [3.8, 4) is 23.1 Å². The second-order valence-electron chi connectivity index (χ2n) is 5.97. The predicted molar refractivity (Wildman–Crippen MR) is 110 cm³/mol. The van der Waals surface area contributed by atoms with E-state index in [9.17, 15) is 10.1 Å². The molecule has 28 heavy (non-hydrogen) atoms. The van der Waals surface area contributed by atoms with Crippen molar-refractivity contribution in [2.24, 2.45) is 0 Å². The van der Waals surface area contributed by atoms with Crippen molar-refractivity contribution in [2.75, 3.05) is 7.11 Å². The van der Waals surface area contributed by atoms with Crippen molar-refractivity contribution < 1.29 is 9.15 Å². The molecule has 4 rings (SSSR count). The Kier molecular flexibility index (Phi) is 4.75. The maximum absolute atomic E-state index is 12.3. The molecule has 0 bridgehead atoms. The van der Waals surface area contributed by atoms with Crippen molar-refractivity contribution in [3.63, 3.8) is 0 Å². The maximum Gasteiger partial charge on any atom is 0.345 e. The van der Waals surface area contributed by atoms with E-state index >= 15 is 0 Å². The molecule has 2 heterocycles. The number of benzene rings is 2. The van der Waals surface area contributed by atoms with Crippen LogP contribution in [-0.4, -0.2) is 12.1 Å². The Labute approximate surface area is 164 Å². The largest absolute Gasteiger partial charge is 0.497 e. The van der Waals surface area contributed by atoms with Crippen LogP contribution in [0.4, 0.5) is 0 Å². The molecule has 0 aliphatic rings. The SMILES string of the molecule is COc1ccc(/C=C(/C#N)c2nc(-c3cc4ccccc4oc3=O)cs2)cc1. The highest BCUT2D eigenvalue weighted by atomic mass is 32.1. The van der Waals surface area contributed by atoms with Gasteiger partial charge in [0.15, 0.2) is 0 Å². The smallest absolute Gasteiger partial charge is 0.345 e. The Morgan fingerprint density at radius 3 is 2.75 bits per heavy atom. The van der Waals surface area contributed by atoms with Crippen molar-refractivity contribution in [1.82, 2.24) is 4.98 Å². The summed E-state index contributed by atoms with van der Waals surface area (Å²) in [6.07, 6.45) is 1.75. The number of para-hydroxylation sites is 1. The summed E-state index contributed by atoms with van der Waals surface area (Å²) in [5, 5.41) is 12.7. The van der Waals surface area contributed by atoms with Crippen LogP contribution in [0.5, 0.6) is 5.75 Å². The molecule has 2 aromatic heterocycles. The molecular formula is C22H14N2O3S. The summed E-state index contributed by atoms with van der Waals surface area (Å²) in [4.78, 5) is 16.8. The molecule has 0 radical (unpaired) electrons. The van der Waals surface area contributed by atoms with Gasteiger partial charge in [0.05, 0.1) is 23.9 Å². The fourth-order valence-electron chi connectivity index (χ4n) is 2.77. The van der Waals surface area contributed by atoms with E-state index in [0.717, 1.165) is 16.7 Å². The first kappa shape index (κ1) is 17.7. The highest BCUT2D eigenvalue weighted by Gasteiger charge is 2.13. The van der Waals surface area contributed by atoms with E-state index in [2.05, 4.69) is 11.1 Å². The number of nitrogens with zero attached hydrogens (tertiary/aromatic N) is 2. The molecule has 0 saturated carbocycles. The quantitative estimate of drug-likeness (QED) is 0.365. The minimum Gasteiger partial charge on any atom is -0.497 e. The molecule has 0 spiro atoms. The lowest BCUT2D eigenvalue weighted by molar-refractivity contribution is 0.415. The van der Waals surface area contributed by atoms with Crippen LogP contribution in [0.25, 0.3) is 33.9 Å². The van der Waals surface area contributed by atoms with Crippen LogP contribution < -0.4 is 10.4 Å². The zero-order chi connectivity index (χ0) is 19.5. The van der Waals surface area contributed by atoms with Crippen molar-refractivity contribution in [2.45, 2.75) is 0 Å². The summed E-state index contributed by atoms with van der Waals surface area (Å²) in [7, 11) is 1.60. The molecule has 6 heteroatoms. The molecule has 2 aromatic carbocycles. The van der Waals surface area contributed by atoms with Gasteiger partial charge in [-0.3, -0.25) is 0 Å². The van der Waals surface area contributed by atoms with Crippen molar-refractivity contribution >= 4 is 34.0 Å². The monoisotopic (exact) mass is 386 g/mol. The van der Waals surface area contributed by atoms with Crippen molar-refractivity contribution in [3.05, 3.63) is 81.0 Å². The fourth-order valence-corrected chi connectivity index (χ4v) is 3.56. The summed E-state index contributed by atoms with van der Waals surface area (Å²) in [6, 6.07) is 18.6. The minimum atomic E-state index is -0.451. The number of thiazole rings is 1. The van der Waals surface area contributed by atoms with Gasteiger partial charge in [-0.15, -0.1) is 11.3 Å². The third-order valence-corrected chi connectivity index (χ3v) is 5.07. The van der Waals surface area contributed by atoms with Gasteiger partial charge in [0.1, 0.15) is 22.4 Å². The average molecular weight is 386 g/mol. The number of hydrogen-bond acceptors (Lipinski definition) is 6.